The van der Waals surface area contributed by atoms with Crippen molar-refractivity contribution in [2.45, 2.75) is 6.92 Å². The molecule has 2 rings (SSSR count). The molecule has 0 saturated carbocycles. The molecule has 0 radical (unpaired) electrons. The Hall–Kier alpha value is -1.58. The Morgan fingerprint density at radius 1 is 1.42 bits per heavy atom. The van der Waals surface area contributed by atoms with Crippen molar-refractivity contribution in [1.82, 2.24) is 14.5 Å². The number of oxazole rings is 1. The van der Waals surface area contributed by atoms with Gasteiger partial charge in [-0.2, -0.15) is 0 Å². The molecular weight excluding hydrogens is 154 g/mol. The molecule has 0 N–H and O–H groups in total. The van der Waals surface area contributed by atoms with E-state index in [0.29, 0.717) is 11.7 Å². The molecule has 0 fully saturated rings. The van der Waals surface area contributed by atoms with Crippen LogP contribution in [0.5, 0.6) is 0 Å². The van der Waals surface area contributed by atoms with Gasteiger partial charge in [-0.15, -0.1) is 0 Å². The van der Waals surface area contributed by atoms with Crippen molar-refractivity contribution in [3.63, 3.8) is 0 Å². The predicted molar refractivity (Wildman–Crippen MR) is 43.4 cm³/mol. The Balaban J connectivity index is 2.50. The van der Waals surface area contributed by atoms with E-state index in [1.165, 1.54) is 0 Å². The molecule has 4 heteroatoms. The maximum Gasteiger partial charge on any atom is 0.191 e. The lowest BCUT2D eigenvalue weighted by Crippen LogP contribution is -1.88. The van der Waals surface area contributed by atoms with Crippen molar-refractivity contribution in [3.05, 3.63) is 24.5 Å². The average Bonchev–Trinajstić information content (AvgIpc) is 2.58. The molecule has 62 valence electrons. The van der Waals surface area contributed by atoms with Crippen molar-refractivity contribution < 1.29 is 4.42 Å². The van der Waals surface area contributed by atoms with Crippen LogP contribution in [0, 0.1) is 6.92 Å². The number of hydrogen-bond donors (Lipinski definition) is 0. The summed E-state index contributed by atoms with van der Waals surface area (Å²) >= 11 is 0. The Bertz CT molecular complexity index is 388. The van der Waals surface area contributed by atoms with Crippen LogP contribution in [0.2, 0.25) is 0 Å². The van der Waals surface area contributed by atoms with Gasteiger partial charge in [-0.3, -0.25) is 0 Å². The molecule has 0 aliphatic rings. The van der Waals surface area contributed by atoms with E-state index in [4.69, 9.17) is 4.42 Å². The van der Waals surface area contributed by atoms with Crippen LogP contribution < -0.4 is 0 Å². The lowest BCUT2D eigenvalue weighted by atomic mass is 10.5. The van der Waals surface area contributed by atoms with Gasteiger partial charge in [0, 0.05) is 26.4 Å². The molecule has 0 aliphatic carbocycles. The van der Waals surface area contributed by atoms with Crippen LogP contribution in [-0.4, -0.2) is 14.5 Å². The van der Waals surface area contributed by atoms with E-state index in [2.05, 4.69) is 9.97 Å². The minimum Gasteiger partial charge on any atom is -0.438 e. The van der Waals surface area contributed by atoms with Crippen LogP contribution in [0.15, 0.2) is 23.0 Å². The summed E-state index contributed by atoms with van der Waals surface area (Å²) in [6, 6.07) is 0. The van der Waals surface area contributed by atoms with Gasteiger partial charge in [-0.1, -0.05) is 0 Å². The first-order valence-electron chi connectivity index (χ1n) is 3.67. The third kappa shape index (κ3) is 1.01. The standard InChI is InChI=1S/C8H9N3O/c1-6-10-5-7(12-6)8-9-3-4-11(8)2/h3-5H,1-2H3. The summed E-state index contributed by atoms with van der Waals surface area (Å²) < 4.78 is 7.20. The van der Waals surface area contributed by atoms with Crippen molar-refractivity contribution in [2.75, 3.05) is 0 Å². The second-order valence-corrected chi connectivity index (χ2v) is 2.61. The van der Waals surface area contributed by atoms with Gasteiger partial charge in [0.1, 0.15) is 0 Å². The third-order valence-electron chi connectivity index (χ3n) is 1.66. The van der Waals surface area contributed by atoms with Crippen LogP contribution in [0.3, 0.4) is 0 Å². The van der Waals surface area contributed by atoms with Crippen LogP contribution in [0.25, 0.3) is 11.6 Å². The average molecular weight is 163 g/mol. The van der Waals surface area contributed by atoms with Crippen molar-refractivity contribution in [3.8, 4) is 11.6 Å². The topological polar surface area (TPSA) is 43.9 Å². The normalized spacial score (nSPS) is 10.5. The summed E-state index contributed by atoms with van der Waals surface area (Å²) in [5.74, 6) is 2.17. The molecule has 0 amide bonds. The van der Waals surface area contributed by atoms with E-state index in [0.717, 1.165) is 5.82 Å². The van der Waals surface area contributed by atoms with Gasteiger partial charge in [-0.25, -0.2) is 9.97 Å². The monoisotopic (exact) mass is 163 g/mol. The van der Waals surface area contributed by atoms with Crippen molar-refractivity contribution >= 4 is 0 Å². The van der Waals surface area contributed by atoms with Gasteiger partial charge in [-0.05, 0) is 0 Å². The molecule has 12 heavy (non-hydrogen) atoms. The number of nitrogens with zero attached hydrogens (tertiary/aromatic N) is 3. The van der Waals surface area contributed by atoms with Gasteiger partial charge in [0.2, 0.25) is 0 Å². The quantitative estimate of drug-likeness (QED) is 0.638. The first-order valence-corrected chi connectivity index (χ1v) is 3.67. The molecule has 0 aromatic carbocycles. The Kier molecular flexibility index (Phi) is 1.46. The molecule has 2 aromatic heterocycles. The first kappa shape index (κ1) is 7.09. The van der Waals surface area contributed by atoms with Gasteiger partial charge in [0.15, 0.2) is 17.5 Å². The van der Waals surface area contributed by atoms with Gasteiger partial charge in [0.05, 0.1) is 6.20 Å². The highest BCUT2D eigenvalue weighted by atomic mass is 16.4. The fourth-order valence-corrected chi connectivity index (χ4v) is 1.07. The number of aromatic nitrogens is 3. The molecule has 0 aliphatic heterocycles. The largest absolute Gasteiger partial charge is 0.438 e. The molecule has 0 atom stereocenters. The van der Waals surface area contributed by atoms with Crippen LogP contribution in [0.4, 0.5) is 0 Å². The van der Waals surface area contributed by atoms with E-state index in [1.54, 1.807) is 12.4 Å². The van der Waals surface area contributed by atoms with Crippen molar-refractivity contribution in [2.24, 2.45) is 7.05 Å². The summed E-state index contributed by atoms with van der Waals surface area (Å²) in [5.41, 5.74) is 0. The summed E-state index contributed by atoms with van der Waals surface area (Å²) in [5, 5.41) is 0. The molecular formula is C8H9N3O. The van der Waals surface area contributed by atoms with E-state index >= 15 is 0 Å². The number of imidazole rings is 1. The second kappa shape index (κ2) is 2.48. The number of rotatable bonds is 1. The highest BCUT2D eigenvalue weighted by Gasteiger charge is 2.07. The molecule has 0 bridgehead atoms. The van der Waals surface area contributed by atoms with Crippen LogP contribution >= 0.6 is 0 Å². The number of aryl methyl sites for hydroxylation is 2. The fourth-order valence-electron chi connectivity index (χ4n) is 1.07. The molecule has 0 spiro atoms. The van der Waals surface area contributed by atoms with Gasteiger partial charge in [0.25, 0.3) is 0 Å². The Morgan fingerprint density at radius 3 is 2.75 bits per heavy atom. The molecule has 0 unspecified atom stereocenters. The highest BCUT2D eigenvalue weighted by molar-refractivity contribution is 5.45. The molecule has 2 aromatic rings. The number of hydrogen-bond acceptors (Lipinski definition) is 3. The predicted octanol–water partition coefficient (Wildman–Crippen LogP) is 1.38. The van der Waals surface area contributed by atoms with E-state index in [1.807, 2.05) is 24.7 Å². The molecule has 0 saturated heterocycles. The second-order valence-electron chi connectivity index (χ2n) is 2.61. The smallest absolute Gasteiger partial charge is 0.191 e. The highest BCUT2D eigenvalue weighted by Crippen LogP contribution is 2.16. The first-order chi connectivity index (χ1) is 5.77. The third-order valence-corrected chi connectivity index (χ3v) is 1.66. The zero-order valence-corrected chi connectivity index (χ0v) is 6.98. The Labute approximate surface area is 69.9 Å². The zero-order valence-electron chi connectivity index (χ0n) is 6.98. The lowest BCUT2D eigenvalue weighted by molar-refractivity contribution is 0.528. The molecule has 4 nitrogen and oxygen atoms in total. The Morgan fingerprint density at radius 2 is 2.25 bits per heavy atom. The van der Waals surface area contributed by atoms with Crippen molar-refractivity contribution in [1.29, 1.82) is 0 Å². The fraction of sp³-hybridized carbons (Fsp3) is 0.250. The van der Waals surface area contributed by atoms with E-state index < -0.39 is 0 Å². The van der Waals surface area contributed by atoms with E-state index in [9.17, 15) is 0 Å². The van der Waals surface area contributed by atoms with Crippen LogP contribution in [0.1, 0.15) is 5.89 Å². The minimum absolute atomic E-state index is 0.660. The zero-order chi connectivity index (χ0) is 8.55. The molecule has 2 heterocycles. The maximum absolute atomic E-state index is 5.31. The summed E-state index contributed by atoms with van der Waals surface area (Å²) in [7, 11) is 1.92. The lowest BCUT2D eigenvalue weighted by Gasteiger charge is -1.94. The summed E-state index contributed by atoms with van der Waals surface area (Å²) in [6.07, 6.45) is 5.28. The van der Waals surface area contributed by atoms with Gasteiger partial charge >= 0.3 is 0 Å². The van der Waals surface area contributed by atoms with E-state index in [-0.39, 0.29) is 0 Å². The maximum atomic E-state index is 5.31. The van der Waals surface area contributed by atoms with Gasteiger partial charge < -0.3 is 8.98 Å². The SMILES string of the molecule is Cc1ncc(-c2nccn2C)o1. The minimum atomic E-state index is 0.660. The summed E-state index contributed by atoms with van der Waals surface area (Å²) in [4.78, 5) is 8.12. The summed E-state index contributed by atoms with van der Waals surface area (Å²) in [6.45, 7) is 1.81. The van der Waals surface area contributed by atoms with Crippen LogP contribution in [-0.2, 0) is 7.05 Å².